The Balaban J connectivity index is 1.58. The molecule has 0 amide bonds. The van der Waals surface area contributed by atoms with Gasteiger partial charge in [0.25, 0.3) is 0 Å². The lowest BCUT2D eigenvalue weighted by Crippen LogP contribution is -2.35. The molecule has 1 aromatic carbocycles. The van der Waals surface area contributed by atoms with Crippen molar-refractivity contribution in [1.82, 2.24) is 19.7 Å². The van der Waals surface area contributed by atoms with E-state index in [-0.39, 0.29) is 5.78 Å². The summed E-state index contributed by atoms with van der Waals surface area (Å²) in [5.74, 6) is 1.20. The Morgan fingerprint density at radius 1 is 1.30 bits per heavy atom. The van der Waals surface area contributed by atoms with E-state index in [2.05, 4.69) is 19.7 Å². The number of fused-ring (bicyclic) bond motifs is 1. The molecule has 2 heterocycles. The third-order valence-corrected chi connectivity index (χ3v) is 3.82. The fourth-order valence-electron chi connectivity index (χ4n) is 2.59. The lowest BCUT2D eigenvalue weighted by atomic mass is 10.0. The normalized spacial score (nSPS) is 15.1. The van der Waals surface area contributed by atoms with Gasteiger partial charge in [-0.05, 0) is 12.5 Å². The lowest BCUT2D eigenvalue weighted by Gasteiger charge is -2.26. The highest BCUT2D eigenvalue weighted by Crippen LogP contribution is 2.13. The Bertz CT molecular complexity index is 620. The van der Waals surface area contributed by atoms with Crippen molar-refractivity contribution in [3.05, 3.63) is 47.5 Å². The number of carbonyl (C=O) groups excluding carboxylic acids is 1. The Labute approximate surface area is 118 Å². The zero-order valence-corrected chi connectivity index (χ0v) is 11.6. The van der Waals surface area contributed by atoms with Crippen LogP contribution < -0.4 is 0 Å². The van der Waals surface area contributed by atoms with E-state index in [0.29, 0.717) is 6.42 Å². The van der Waals surface area contributed by atoms with Crippen molar-refractivity contribution in [2.45, 2.75) is 26.4 Å². The van der Waals surface area contributed by atoms with Crippen LogP contribution in [-0.4, -0.2) is 38.5 Å². The summed E-state index contributed by atoms with van der Waals surface area (Å²) in [6.07, 6.45) is 2.32. The minimum atomic E-state index is 0.218. The first-order chi connectivity index (χ1) is 9.74. The Morgan fingerprint density at radius 3 is 3.00 bits per heavy atom. The predicted octanol–water partition coefficient (Wildman–Crippen LogP) is 1.68. The molecule has 0 fully saturated rings. The molecule has 0 aliphatic carbocycles. The number of carbonyl (C=O) groups is 1. The number of hydrogen-bond acceptors (Lipinski definition) is 4. The van der Waals surface area contributed by atoms with Crippen molar-refractivity contribution in [2.24, 2.45) is 0 Å². The van der Waals surface area contributed by atoms with E-state index >= 15 is 0 Å². The van der Waals surface area contributed by atoms with Gasteiger partial charge in [0, 0.05) is 31.6 Å². The minimum absolute atomic E-state index is 0.218. The van der Waals surface area contributed by atoms with Crippen LogP contribution in [0.25, 0.3) is 0 Å². The molecule has 0 N–H and O–H groups in total. The average Bonchev–Trinajstić information content (AvgIpc) is 2.92. The largest absolute Gasteiger partial charge is 0.315 e. The maximum absolute atomic E-state index is 12.2. The third kappa shape index (κ3) is 2.63. The second-order valence-electron chi connectivity index (χ2n) is 5.20. The van der Waals surface area contributed by atoms with Crippen LogP contribution in [0.2, 0.25) is 0 Å². The zero-order chi connectivity index (χ0) is 13.9. The molecular weight excluding hydrogens is 252 g/mol. The van der Waals surface area contributed by atoms with E-state index in [4.69, 9.17) is 0 Å². The smallest absolute Gasteiger partial charge is 0.164 e. The van der Waals surface area contributed by atoms with Gasteiger partial charge < -0.3 is 4.57 Å². The number of Topliss-reactive ketones (excluding diaryl/α,β-unsaturated/α-hetero) is 1. The summed E-state index contributed by atoms with van der Waals surface area (Å²) in [4.78, 5) is 14.5. The number of hydrogen-bond donors (Lipinski definition) is 0. The molecule has 1 aliphatic heterocycles. The van der Waals surface area contributed by atoms with Gasteiger partial charge in [0.2, 0.25) is 0 Å². The Morgan fingerprint density at radius 2 is 2.15 bits per heavy atom. The summed E-state index contributed by atoms with van der Waals surface area (Å²) in [5, 5.41) is 8.00. The molecule has 5 nitrogen and oxygen atoms in total. The van der Waals surface area contributed by atoms with Crippen molar-refractivity contribution in [2.75, 3.05) is 13.1 Å². The van der Waals surface area contributed by atoms with E-state index in [1.165, 1.54) is 0 Å². The van der Waals surface area contributed by atoms with Gasteiger partial charge in [-0.3, -0.25) is 9.69 Å². The van der Waals surface area contributed by atoms with Crippen molar-refractivity contribution >= 4 is 5.78 Å². The molecule has 0 unspecified atom stereocenters. The van der Waals surface area contributed by atoms with Gasteiger partial charge in [-0.1, -0.05) is 24.3 Å². The number of aromatic nitrogens is 3. The molecule has 3 rings (SSSR count). The van der Waals surface area contributed by atoms with Crippen LogP contribution in [0.5, 0.6) is 0 Å². The maximum atomic E-state index is 12.2. The second-order valence-corrected chi connectivity index (χ2v) is 5.20. The number of ketones is 1. The first-order valence-corrected chi connectivity index (χ1v) is 6.92. The number of aryl methyl sites for hydroxylation is 1. The van der Waals surface area contributed by atoms with Crippen molar-refractivity contribution < 1.29 is 4.79 Å². The van der Waals surface area contributed by atoms with Gasteiger partial charge in [-0.25, -0.2) is 0 Å². The van der Waals surface area contributed by atoms with Gasteiger partial charge in [-0.15, -0.1) is 10.2 Å². The van der Waals surface area contributed by atoms with E-state index in [1.807, 2.05) is 31.2 Å². The van der Waals surface area contributed by atoms with Crippen molar-refractivity contribution in [3.63, 3.8) is 0 Å². The molecule has 0 atom stereocenters. The summed E-state index contributed by atoms with van der Waals surface area (Å²) in [7, 11) is 0. The van der Waals surface area contributed by atoms with Crippen molar-refractivity contribution in [3.8, 4) is 0 Å². The van der Waals surface area contributed by atoms with Crippen LogP contribution in [0.4, 0.5) is 0 Å². The van der Waals surface area contributed by atoms with E-state index in [9.17, 15) is 4.79 Å². The summed E-state index contributed by atoms with van der Waals surface area (Å²) in [6, 6.07) is 7.77. The molecule has 1 aliphatic rings. The van der Waals surface area contributed by atoms with Crippen LogP contribution in [-0.2, 0) is 13.1 Å². The number of rotatable bonds is 4. The van der Waals surface area contributed by atoms with E-state index in [1.54, 1.807) is 6.33 Å². The molecule has 20 heavy (non-hydrogen) atoms. The fraction of sp³-hybridized carbons (Fsp3) is 0.400. The second kappa shape index (κ2) is 5.54. The molecule has 0 radical (unpaired) electrons. The summed E-state index contributed by atoms with van der Waals surface area (Å²) >= 11 is 0. The van der Waals surface area contributed by atoms with Gasteiger partial charge >= 0.3 is 0 Å². The first-order valence-electron chi connectivity index (χ1n) is 6.92. The van der Waals surface area contributed by atoms with Crippen LogP contribution in [0.15, 0.2) is 30.6 Å². The lowest BCUT2D eigenvalue weighted by molar-refractivity contribution is 0.0955. The number of nitrogens with zero attached hydrogens (tertiary/aromatic N) is 4. The summed E-state index contributed by atoms with van der Waals surface area (Å²) < 4.78 is 2.07. The topological polar surface area (TPSA) is 51.0 Å². The van der Waals surface area contributed by atoms with Crippen LogP contribution in [0.3, 0.4) is 0 Å². The van der Waals surface area contributed by atoms with Crippen LogP contribution in [0, 0.1) is 6.92 Å². The van der Waals surface area contributed by atoms with Crippen LogP contribution in [0.1, 0.15) is 28.2 Å². The van der Waals surface area contributed by atoms with Gasteiger partial charge in [0.15, 0.2) is 5.78 Å². The zero-order valence-electron chi connectivity index (χ0n) is 11.6. The average molecular weight is 270 g/mol. The van der Waals surface area contributed by atoms with Gasteiger partial charge in [0.1, 0.15) is 12.2 Å². The minimum Gasteiger partial charge on any atom is -0.315 e. The summed E-state index contributed by atoms with van der Waals surface area (Å²) in [6.45, 7) is 5.39. The van der Waals surface area contributed by atoms with Gasteiger partial charge in [-0.2, -0.15) is 0 Å². The summed E-state index contributed by atoms with van der Waals surface area (Å²) in [5.41, 5.74) is 1.89. The molecule has 0 saturated carbocycles. The molecule has 1 aromatic heterocycles. The third-order valence-electron chi connectivity index (χ3n) is 3.82. The highest BCUT2D eigenvalue weighted by atomic mass is 16.1. The molecule has 104 valence electrons. The Kier molecular flexibility index (Phi) is 3.60. The first kappa shape index (κ1) is 13.0. The van der Waals surface area contributed by atoms with Gasteiger partial charge in [0.05, 0.1) is 6.54 Å². The molecular formula is C15H18N4O. The highest BCUT2D eigenvalue weighted by Gasteiger charge is 2.18. The van der Waals surface area contributed by atoms with E-state index in [0.717, 1.165) is 43.1 Å². The molecule has 0 spiro atoms. The Hall–Kier alpha value is -2.01. The molecule has 2 aromatic rings. The monoisotopic (exact) mass is 270 g/mol. The quantitative estimate of drug-likeness (QED) is 0.793. The number of benzene rings is 1. The predicted molar refractivity (Wildman–Crippen MR) is 75.4 cm³/mol. The molecule has 0 saturated heterocycles. The van der Waals surface area contributed by atoms with Crippen LogP contribution >= 0.6 is 0 Å². The SMILES string of the molecule is Cc1ccccc1C(=O)CCN1CCn2cnnc2C1. The molecule has 5 heteroatoms. The maximum Gasteiger partial charge on any atom is 0.164 e. The standard InChI is InChI=1S/C15H18N4O/c1-12-4-2-3-5-13(12)14(20)6-7-18-8-9-19-11-16-17-15(19)10-18/h2-5,11H,6-10H2,1H3. The highest BCUT2D eigenvalue weighted by molar-refractivity contribution is 5.97. The molecule has 0 bridgehead atoms. The van der Waals surface area contributed by atoms with E-state index < -0.39 is 0 Å². The van der Waals surface area contributed by atoms with Crippen molar-refractivity contribution in [1.29, 1.82) is 0 Å². The fourth-order valence-corrected chi connectivity index (χ4v) is 2.59.